The van der Waals surface area contributed by atoms with Crippen LogP contribution in [0.3, 0.4) is 0 Å². The Bertz CT molecular complexity index is 844. The van der Waals surface area contributed by atoms with Crippen molar-refractivity contribution in [1.29, 1.82) is 0 Å². The Kier molecular flexibility index (Phi) is 8.46. The highest BCUT2D eigenvalue weighted by Crippen LogP contribution is 2.19. The molecular formula is C25H33N3O3. The zero-order chi connectivity index (χ0) is 22.2. The third kappa shape index (κ3) is 7.06. The van der Waals surface area contributed by atoms with Crippen molar-refractivity contribution in [2.75, 3.05) is 26.2 Å². The van der Waals surface area contributed by atoms with Crippen LogP contribution in [-0.4, -0.2) is 69.8 Å². The summed E-state index contributed by atoms with van der Waals surface area (Å²) in [5.41, 5.74) is 2.23. The predicted molar refractivity (Wildman–Crippen MR) is 120 cm³/mol. The maximum atomic E-state index is 12.3. The number of hydrogen-bond acceptors (Lipinski definition) is 6. The minimum absolute atomic E-state index is 0.0901. The van der Waals surface area contributed by atoms with Crippen molar-refractivity contribution in [2.24, 2.45) is 5.92 Å². The summed E-state index contributed by atoms with van der Waals surface area (Å²) in [5, 5.41) is 10.8. The minimum atomic E-state index is -0.649. The molecule has 3 unspecified atom stereocenters. The van der Waals surface area contributed by atoms with Gasteiger partial charge in [-0.3, -0.25) is 24.4 Å². The van der Waals surface area contributed by atoms with Crippen LogP contribution in [-0.2, 0) is 22.6 Å². The van der Waals surface area contributed by atoms with Crippen molar-refractivity contribution in [2.45, 2.75) is 45.4 Å². The largest absolute Gasteiger partial charge is 0.392 e. The van der Waals surface area contributed by atoms with Crippen LogP contribution in [0.1, 0.15) is 31.4 Å². The van der Waals surface area contributed by atoms with Crippen molar-refractivity contribution < 1.29 is 14.7 Å². The molecule has 3 atom stereocenters. The molecule has 2 heterocycles. The van der Waals surface area contributed by atoms with Gasteiger partial charge in [-0.15, -0.1) is 0 Å². The molecule has 1 aliphatic heterocycles. The first-order chi connectivity index (χ1) is 14.9. The zero-order valence-corrected chi connectivity index (χ0v) is 18.5. The van der Waals surface area contributed by atoms with Crippen LogP contribution in [0.4, 0.5) is 0 Å². The van der Waals surface area contributed by atoms with E-state index < -0.39 is 6.10 Å². The van der Waals surface area contributed by atoms with Gasteiger partial charge >= 0.3 is 0 Å². The molecule has 0 bridgehead atoms. The van der Waals surface area contributed by atoms with Crippen LogP contribution in [0.25, 0.3) is 0 Å². The number of Topliss-reactive ketones (excluding diaryl/α,β-unsaturated/α-hetero) is 2. The second-order valence-corrected chi connectivity index (χ2v) is 8.60. The lowest BCUT2D eigenvalue weighted by atomic mass is 9.90. The number of piperazine rings is 1. The fourth-order valence-corrected chi connectivity index (χ4v) is 4.34. The minimum Gasteiger partial charge on any atom is -0.392 e. The van der Waals surface area contributed by atoms with E-state index in [9.17, 15) is 14.7 Å². The average Bonchev–Trinajstić information content (AvgIpc) is 2.75. The smallest absolute Gasteiger partial charge is 0.148 e. The first-order valence-corrected chi connectivity index (χ1v) is 11.0. The van der Waals surface area contributed by atoms with Crippen molar-refractivity contribution in [3.63, 3.8) is 0 Å². The first kappa shape index (κ1) is 23.3. The Hall–Kier alpha value is -2.41. The summed E-state index contributed by atoms with van der Waals surface area (Å²) in [4.78, 5) is 33.0. The highest BCUT2D eigenvalue weighted by Gasteiger charge is 2.32. The molecule has 6 heteroatoms. The molecular weight excluding hydrogens is 390 g/mol. The van der Waals surface area contributed by atoms with Gasteiger partial charge in [-0.2, -0.15) is 0 Å². The van der Waals surface area contributed by atoms with Gasteiger partial charge in [-0.25, -0.2) is 0 Å². The van der Waals surface area contributed by atoms with E-state index in [0.717, 1.165) is 24.2 Å². The van der Waals surface area contributed by atoms with E-state index in [0.29, 0.717) is 32.5 Å². The number of carbonyl (C=O) groups is 2. The molecule has 1 aromatic carbocycles. The van der Waals surface area contributed by atoms with E-state index in [1.165, 1.54) is 0 Å². The number of rotatable bonds is 10. The van der Waals surface area contributed by atoms with Gasteiger partial charge in [0, 0.05) is 51.0 Å². The lowest BCUT2D eigenvalue weighted by Crippen LogP contribution is -2.57. The molecule has 0 saturated carbocycles. The first-order valence-electron chi connectivity index (χ1n) is 11.0. The summed E-state index contributed by atoms with van der Waals surface area (Å²) >= 11 is 0. The topological polar surface area (TPSA) is 73.7 Å². The van der Waals surface area contributed by atoms with Gasteiger partial charge < -0.3 is 5.11 Å². The van der Waals surface area contributed by atoms with Crippen LogP contribution in [0, 0.1) is 5.92 Å². The van der Waals surface area contributed by atoms with Crippen molar-refractivity contribution in [1.82, 2.24) is 14.8 Å². The van der Waals surface area contributed by atoms with E-state index in [1.807, 2.05) is 48.7 Å². The molecule has 1 N–H and O–H groups in total. The van der Waals surface area contributed by atoms with Gasteiger partial charge in [-0.05, 0) is 43.9 Å². The lowest BCUT2D eigenvalue weighted by molar-refractivity contribution is -0.126. The monoisotopic (exact) mass is 423 g/mol. The Balaban J connectivity index is 1.57. The molecule has 1 saturated heterocycles. The SMILES string of the molecule is CC(=O)C(Cc1ccccc1)CC(O)CN1CCN(Cc2cccnc2)CC1C(C)=O. The van der Waals surface area contributed by atoms with Crippen LogP contribution < -0.4 is 0 Å². The van der Waals surface area contributed by atoms with E-state index in [4.69, 9.17) is 0 Å². The maximum absolute atomic E-state index is 12.3. The molecule has 31 heavy (non-hydrogen) atoms. The second-order valence-electron chi connectivity index (χ2n) is 8.60. The van der Waals surface area contributed by atoms with Crippen molar-refractivity contribution >= 4 is 11.6 Å². The molecule has 1 fully saturated rings. The van der Waals surface area contributed by atoms with Crippen LogP contribution >= 0.6 is 0 Å². The summed E-state index contributed by atoms with van der Waals surface area (Å²) in [6.45, 7) is 6.55. The maximum Gasteiger partial charge on any atom is 0.148 e. The normalized spacial score (nSPS) is 19.6. The van der Waals surface area contributed by atoms with Gasteiger partial charge in [0.1, 0.15) is 11.6 Å². The van der Waals surface area contributed by atoms with E-state index >= 15 is 0 Å². The van der Waals surface area contributed by atoms with Gasteiger partial charge in [-0.1, -0.05) is 36.4 Å². The van der Waals surface area contributed by atoms with Gasteiger partial charge in [0.05, 0.1) is 12.1 Å². The van der Waals surface area contributed by atoms with Crippen molar-refractivity contribution in [3.05, 3.63) is 66.0 Å². The number of nitrogens with zero attached hydrogens (tertiary/aromatic N) is 3. The highest BCUT2D eigenvalue weighted by molar-refractivity contribution is 5.82. The molecule has 6 nitrogen and oxygen atoms in total. The number of aliphatic hydroxyl groups excluding tert-OH is 1. The number of ketones is 2. The number of aromatic nitrogens is 1. The number of benzene rings is 1. The lowest BCUT2D eigenvalue weighted by Gasteiger charge is -2.41. The molecule has 166 valence electrons. The van der Waals surface area contributed by atoms with Crippen LogP contribution in [0.2, 0.25) is 0 Å². The van der Waals surface area contributed by atoms with Gasteiger partial charge in [0.2, 0.25) is 0 Å². The summed E-state index contributed by atoms with van der Waals surface area (Å²) < 4.78 is 0. The Morgan fingerprint density at radius 3 is 2.48 bits per heavy atom. The van der Waals surface area contributed by atoms with E-state index in [1.54, 1.807) is 20.0 Å². The zero-order valence-electron chi connectivity index (χ0n) is 18.5. The molecule has 0 amide bonds. The molecule has 0 spiro atoms. The summed E-state index contributed by atoms with van der Waals surface area (Å²) in [7, 11) is 0. The quantitative estimate of drug-likeness (QED) is 0.632. The predicted octanol–water partition coefficient (Wildman–Crippen LogP) is 2.36. The molecule has 0 aliphatic carbocycles. The third-order valence-corrected chi connectivity index (χ3v) is 6.08. The number of aliphatic hydroxyl groups is 1. The average molecular weight is 424 g/mol. The summed E-state index contributed by atoms with van der Waals surface area (Å²) in [6.07, 6.45) is 4.00. The molecule has 1 aromatic heterocycles. The molecule has 3 rings (SSSR count). The molecule has 0 radical (unpaired) electrons. The van der Waals surface area contributed by atoms with Gasteiger partial charge in [0.25, 0.3) is 0 Å². The number of β-amino-alcohol motifs (C(OH)–C–C–N with tert-alkyl or cyclic N) is 1. The third-order valence-electron chi connectivity index (χ3n) is 6.08. The van der Waals surface area contributed by atoms with Crippen molar-refractivity contribution in [3.8, 4) is 0 Å². The number of hydrogen-bond donors (Lipinski definition) is 1. The number of carbonyl (C=O) groups excluding carboxylic acids is 2. The highest BCUT2D eigenvalue weighted by atomic mass is 16.3. The standard InChI is InChI=1S/C25H33N3O3/c1-19(29)23(13-21-7-4-3-5-8-21)14-24(31)17-28-12-11-27(18-25(28)20(2)30)16-22-9-6-10-26-15-22/h3-10,15,23-25,31H,11-14,16-18H2,1-2H3. The Morgan fingerprint density at radius 2 is 1.84 bits per heavy atom. The fraction of sp³-hybridized carbons (Fsp3) is 0.480. The summed E-state index contributed by atoms with van der Waals surface area (Å²) in [5.74, 6) is -0.0251. The second kappa shape index (κ2) is 11.3. The van der Waals surface area contributed by atoms with Gasteiger partial charge in [0.15, 0.2) is 0 Å². The Labute approximate surface area is 184 Å². The fourth-order valence-electron chi connectivity index (χ4n) is 4.34. The Morgan fingerprint density at radius 1 is 1.10 bits per heavy atom. The van der Waals surface area contributed by atoms with E-state index in [-0.39, 0.29) is 23.5 Å². The number of pyridine rings is 1. The van der Waals surface area contributed by atoms with E-state index in [2.05, 4.69) is 14.8 Å². The molecule has 1 aliphatic rings. The summed E-state index contributed by atoms with van der Waals surface area (Å²) in [6, 6.07) is 13.6. The molecule has 2 aromatic rings. The van der Waals surface area contributed by atoms with Crippen LogP contribution in [0.5, 0.6) is 0 Å². The van der Waals surface area contributed by atoms with Crippen LogP contribution in [0.15, 0.2) is 54.9 Å².